The molecule has 3 nitrogen and oxygen atoms in total. The van der Waals surface area contributed by atoms with Gasteiger partial charge in [-0.2, -0.15) is 0 Å². The third kappa shape index (κ3) is 5.33. The van der Waals surface area contributed by atoms with E-state index in [0.717, 1.165) is 24.0 Å². The van der Waals surface area contributed by atoms with Crippen LogP contribution >= 0.6 is 0 Å². The molecule has 0 bridgehead atoms. The maximum Gasteiger partial charge on any atom is 0.305 e. The number of ether oxygens (including phenoxy) is 1. The lowest BCUT2D eigenvalue weighted by Crippen LogP contribution is -2.04. The van der Waals surface area contributed by atoms with Gasteiger partial charge in [-0.25, -0.2) is 4.39 Å². The van der Waals surface area contributed by atoms with E-state index in [9.17, 15) is 14.0 Å². The van der Waals surface area contributed by atoms with Gasteiger partial charge in [-0.05, 0) is 36.1 Å². The molecular formula is C19H19FO3. The lowest BCUT2D eigenvalue weighted by molar-refractivity contribution is -0.140. The molecule has 0 aliphatic heterocycles. The summed E-state index contributed by atoms with van der Waals surface area (Å²) in [6.07, 6.45) is 2.13. The minimum atomic E-state index is -0.308. The highest BCUT2D eigenvalue weighted by atomic mass is 19.1. The molecule has 23 heavy (non-hydrogen) atoms. The van der Waals surface area contributed by atoms with Crippen LogP contribution in [0.2, 0.25) is 0 Å². The number of halogens is 1. The quantitative estimate of drug-likeness (QED) is 0.577. The predicted molar refractivity (Wildman–Crippen MR) is 85.8 cm³/mol. The first kappa shape index (κ1) is 16.9. The first-order valence-electron chi connectivity index (χ1n) is 7.52. The first-order valence-corrected chi connectivity index (χ1v) is 7.52. The normalized spacial score (nSPS) is 10.3. The molecule has 0 spiro atoms. The smallest absolute Gasteiger partial charge is 0.305 e. The maximum absolute atomic E-state index is 12.9. The summed E-state index contributed by atoms with van der Waals surface area (Å²) in [5.41, 5.74) is 2.50. The van der Waals surface area contributed by atoms with Gasteiger partial charge in [-0.1, -0.05) is 36.4 Å². The van der Waals surface area contributed by atoms with Gasteiger partial charge in [0.05, 0.1) is 7.11 Å². The Balaban J connectivity index is 1.89. The van der Waals surface area contributed by atoms with Gasteiger partial charge in [0.15, 0.2) is 5.78 Å². The van der Waals surface area contributed by atoms with Crippen LogP contribution < -0.4 is 0 Å². The Morgan fingerprint density at radius 3 is 2.17 bits per heavy atom. The van der Waals surface area contributed by atoms with E-state index in [2.05, 4.69) is 4.74 Å². The average molecular weight is 314 g/mol. The number of hydrogen-bond donors (Lipinski definition) is 0. The van der Waals surface area contributed by atoms with Gasteiger partial charge >= 0.3 is 5.97 Å². The van der Waals surface area contributed by atoms with E-state index >= 15 is 0 Å². The fourth-order valence-electron chi connectivity index (χ4n) is 2.29. The van der Waals surface area contributed by atoms with Crippen LogP contribution in [0.4, 0.5) is 4.39 Å². The summed E-state index contributed by atoms with van der Waals surface area (Å²) in [6, 6.07) is 13.3. The Labute approximate surface area is 135 Å². The topological polar surface area (TPSA) is 43.4 Å². The summed E-state index contributed by atoms with van der Waals surface area (Å²) in [7, 11) is 1.38. The van der Waals surface area contributed by atoms with Gasteiger partial charge in [0.1, 0.15) is 5.82 Å². The molecule has 0 saturated carbocycles. The first-order chi connectivity index (χ1) is 11.1. The van der Waals surface area contributed by atoms with Crippen LogP contribution in [-0.2, 0) is 22.4 Å². The van der Waals surface area contributed by atoms with Crippen molar-refractivity contribution in [2.45, 2.75) is 25.7 Å². The van der Waals surface area contributed by atoms with E-state index in [4.69, 9.17) is 0 Å². The molecule has 2 aromatic rings. The van der Waals surface area contributed by atoms with Crippen molar-refractivity contribution in [3.8, 4) is 0 Å². The Kier molecular flexibility index (Phi) is 6.03. The van der Waals surface area contributed by atoms with Crippen LogP contribution in [0.25, 0.3) is 0 Å². The SMILES string of the molecule is COC(=O)CCCc1ccc(C(=O)Cc2ccc(F)cc2)cc1. The number of methoxy groups -OCH3 is 1. The second kappa shape index (κ2) is 8.22. The van der Waals surface area contributed by atoms with Crippen molar-refractivity contribution in [3.05, 3.63) is 71.0 Å². The Hall–Kier alpha value is -2.49. The number of benzene rings is 2. The van der Waals surface area contributed by atoms with Gasteiger partial charge in [0.2, 0.25) is 0 Å². The molecule has 0 aliphatic rings. The van der Waals surface area contributed by atoms with Crippen molar-refractivity contribution < 1.29 is 18.7 Å². The molecule has 120 valence electrons. The van der Waals surface area contributed by atoms with E-state index in [1.54, 1.807) is 24.3 Å². The molecular weight excluding hydrogens is 295 g/mol. The van der Waals surface area contributed by atoms with Crippen molar-refractivity contribution in [1.82, 2.24) is 0 Å². The van der Waals surface area contributed by atoms with Crippen molar-refractivity contribution in [3.63, 3.8) is 0 Å². The van der Waals surface area contributed by atoms with E-state index in [-0.39, 0.29) is 24.0 Å². The summed E-state index contributed by atoms with van der Waals surface area (Å²) in [4.78, 5) is 23.2. The highest BCUT2D eigenvalue weighted by molar-refractivity contribution is 5.97. The number of carbonyl (C=O) groups excluding carboxylic acids is 2. The van der Waals surface area contributed by atoms with Crippen LogP contribution in [0, 0.1) is 5.82 Å². The number of carbonyl (C=O) groups is 2. The van der Waals surface area contributed by atoms with Crippen molar-refractivity contribution in [2.75, 3.05) is 7.11 Å². The standard InChI is InChI=1S/C19H19FO3/c1-23-19(22)4-2-3-14-5-9-16(10-6-14)18(21)13-15-7-11-17(20)12-8-15/h5-12H,2-4,13H2,1H3. The molecule has 2 aromatic carbocycles. The van der Waals surface area contributed by atoms with Crippen LogP contribution in [0.3, 0.4) is 0 Å². The fraction of sp³-hybridized carbons (Fsp3) is 0.263. The molecule has 0 radical (unpaired) electrons. The molecule has 0 aromatic heterocycles. The van der Waals surface area contributed by atoms with Gasteiger partial charge in [-0.3, -0.25) is 9.59 Å². The van der Waals surface area contributed by atoms with Crippen LogP contribution in [0.5, 0.6) is 0 Å². The molecule has 0 heterocycles. The number of rotatable bonds is 7. The lowest BCUT2D eigenvalue weighted by Gasteiger charge is -2.04. The van der Waals surface area contributed by atoms with Gasteiger partial charge in [0.25, 0.3) is 0 Å². The molecule has 2 rings (SSSR count). The third-order valence-corrected chi connectivity index (χ3v) is 3.63. The Morgan fingerprint density at radius 1 is 0.957 bits per heavy atom. The lowest BCUT2D eigenvalue weighted by atomic mass is 10.0. The van der Waals surface area contributed by atoms with Crippen LogP contribution in [0.15, 0.2) is 48.5 Å². The summed E-state index contributed by atoms with van der Waals surface area (Å²) >= 11 is 0. The van der Waals surface area contributed by atoms with E-state index in [1.165, 1.54) is 19.2 Å². The number of Topliss-reactive ketones (excluding diaryl/α,β-unsaturated/α-hetero) is 1. The van der Waals surface area contributed by atoms with Gasteiger partial charge in [0, 0.05) is 18.4 Å². The number of ketones is 1. The van der Waals surface area contributed by atoms with E-state index < -0.39 is 0 Å². The average Bonchev–Trinajstić information content (AvgIpc) is 2.57. The summed E-state index contributed by atoms with van der Waals surface area (Å²) in [5, 5.41) is 0. The zero-order chi connectivity index (χ0) is 16.7. The number of esters is 1. The molecule has 4 heteroatoms. The number of aryl methyl sites for hydroxylation is 1. The van der Waals surface area contributed by atoms with Crippen LogP contribution in [-0.4, -0.2) is 18.9 Å². The Morgan fingerprint density at radius 2 is 1.57 bits per heavy atom. The molecule has 0 amide bonds. The fourth-order valence-corrected chi connectivity index (χ4v) is 2.29. The van der Waals surface area contributed by atoms with Crippen molar-refractivity contribution >= 4 is 11.8 Å². The molecule has 0 fully saturated rings. The number of hydrogen-bond acceptors (Lipinski definition) is 3. The highest BCUT2D eigenvalue weighted by Gasteiger charge is 2.08. The molecule has 0 unspecified atom stereocenters. The van der Waals surface area contributed by atoms with Gasteiger partial charge in [-0.15, -0.1) is 0 Å². The molecule has 0 saturated heterocycles. The van der Waals surface area contributed by atoms with Crippen molar-refractivity contribution in [1.29, 1.82) is 0 Å². The minimum absolute atomic E-state index is 0.00211. The maximum atomic E-state index is 12.9. The summed E-state index contributed by atoms with van der Waals surface area (Å²) in [5.74, 6) is -0.522. The van der Waals surface area contributed by atoms with Crippen molar-refractivity contribution in [2.24, 2.45) is 0 Å². The molecule has 0 N–H and O–H groups in total. The summed E-state index contributed by atoms with van der Waals surface area (Å²) < 4.78 is 17.4. The predicted octanol–water partition coefficient (Wildman–Crippen LogP) is 3.75. The second-order valence-corrected chi connectivity index (χ2v) is 5.35. The zero-order valence-electron chi connectivity index (χ0n) is 13.0. The zero-order valence-corrected chi connectivity index (χ0v) is 13.0. The highest BCUT2D eigenvalue weighted by Crippen LogP contribution is 2.12. The summed E-state index contributed by atoms with van der Waals surface area (Å²) in [6.45, 7) is 0. The Bertz CT molecular complexity index is 660. The van der Waals surface area contributed by atoms with Gasteiger partial charge < -0.3 is 4.74 Å². The van der Waals surface area contributed by atoms with E-state index in [1.807, 2.05) is 12.1 Å². The molecule has 0 atom stereocenters. The third-order valence-electron chi connectivity index (χ3n) is 3.63. The second-order valence-electron chi connectivity index (χ2n) is 5.35. The van der Waals surface area contributed by atoms with Crippen LogP contribution in [0.1, 0.15) is 34.3 Å². The largest absolute Gasteiger partial charge is 0.469 e. The minimum Gasteiger partial charge on any atom is -0.469 e. The van der Waals surface area contributed by atoms with E-state index in [0.29, 0.717) is 12.0 Å². The molecule has 0 aliphatic carbocycles. The monoisotopic (exact) mass is 314 g/mol.